The third-order valence-electron chi connectivity index (χ3n) is 3.50. The van der Waals surface area contributed by atoms with Gasteiger partial charge in [0, 0.05) is 38.8 Å². The molecule has 0 spiro atoms. The van der Waals surface area contributed by atoms with Crippen molar-refractivity contribution in [3.05, 3.63) is 0 Å². The quantitative estimate of drug-likeness (QED) is 0.753. The Morgan fingerprint density at radius 2 is 1.89 bits per heavy atom. The average Bonchev–Trinajstić information content (AvgIpc) is 2.91. The van der Waals surface area contributed by atoms with E-state index >= 15 is 0 Å². The second kappa shape index (κ2) is 6.52. The van der Waals surface area contributed by atoms with Crippen molar-refractivity contribution in [1.82, 2.24) is 15.1 Å². The zero-order valence-electron chi connectivity index (χ0n) is 11.7. The lowest BCUT2D eigenvalue weighted by Crippen LogP contribution is -2.55. The highest BCUT2D eigenvalue weighted by Gasteiger charge is 2.30. The lowest BCUT2D eigenvalue weighted by molar-refractivity contribution is -0.142. The van der Waals surface area contributed by atoms with Gasteiger partial charge in [0.2, 0.25) is 0 Å². The second-order valence-electron chi connectivity index (χ2n) is 5.42. The summed E-state index contributed by atoms with van der Waals surface area (Å²) in [7, 11) is 0. The Morgan fingerprint density at radius 1 is 1.26 bits per heavy atom. The Bertz CT molecular complexity index is 335. The summed E-state index contributed by atoms with van der Waals surface area (Å²) in [5.41, 5.74) is 0. The van der Waals surface area contributed by atoms with Crippen molar-refractivity contribution in [2.24, 2.45) is 0 Å². The standard InChI is InChI=1S/C13H23N3O2S/c1-10(2)14-13(19)16-7-5-15(6-8-16)12(17)11-4-3-9-18-11/h10-11H,3-9H2,1-2H3,(H,14,19). The summed E-state index contributed by atoms with van der Waals surface area (Å²) in [5, 5.41) is 4.03. The van der Waals surface area contributed by atoms with E-state index < -0.39 is 0 Å². The van der Waals surface area contributed by atoms with Gasteiger partial charge in [0.15, 0.2) is 5.11 Å². The number of nitrogens with one attached hydrogen (secondary N) is 1. The lowest BCUT2D eigenvalue weighted by atomic mass is 10.2. The lowest BCUT2D eigenvalue weighted by Gasteiger charge is -2.37. The van der Waals surface area contributed by atoms with Gasteiger partial charge in [-0.15, -0.1) is 0 Å². The molecule has 2 fully saturated rings. The first kappa shape index (κ1) is 14.5. The van der Waals surface area contributed by atoms with Crippen LogP contribution < -0.4 is 5.32 Å². The number of hydrogen-bond acceptors (Lipinski definition) is 3. The minimum absolute atomic E-state index is 0.153. The van der Waals surface area contributed by atoms with Gasteiger partial charge in [-0.25, -0.2) is 0 Å². The Kier molecular flexibility index (Phi) is 4.99. The molecule has 1 amide bonds. The number of carbonyl (C=O) groups excluding carboxylic acids is 1. The van der Waals surface area contributed by atoms with Crippen LogP contribution in [-0.4, -0.2) is 65.8 Å². The highest BCUT2D eigenvalue weighted by Crippen LogP contribution is 2.16. The molecule has 2 rings (SSSR count). The summed E-state index contributed by atoms with van der Waals surface area (Å²) in [6.07, 6.45) is 1.66. The maximum absolute atomic E-state index is 12.2. The molecule has 0 aromatic heterocycles. The summed E-state index contributed by atoms with van der Waals surface area (Å²) in [5.74, 6) is 0.153. The summed E-state index contributed by atoms with van der Waals surface area (Å²) < 4.78 is 5.45. The number of carbonyl (C=O) groups is 1. The van der Waals surface area contributed by atoms with Gasteiger partial charge in [0.25, 0.3) is 5.91 Å². The van der Waals surface area contributed by atoms with Crippen molar-refractivity contribution >= 4 is 23.2 Å². The topological polar surface area (TPSA) is 44.8 Å². The molecule has 2 aliphatic rings. The summed E-state index contributed by atoms with van der Waals surface area (Å²) in [4.78, 5) is 16.2. The van der Waals surface area contributed by atoms with Crippen molar-refractivity contribution < 1.29 is 9.53 Å². The zero-order chi connectivity index (χ0) is 13.8. The number of hydrogen-bond donors (Lipinski definition) is 1. The van der Waals surface area contributed by atoms with Gasteiger partial charge in [0.05, 0.1) is 0 Å². The minimum Gasteiger partial charge on any atom is -0.368 e. The maximum Gasteiger partial charge on any atom is 0.251 e. The number of rotatable bonds is 2. The van der Waals surface area contributed by atoms with Gasteiger partial charge in [0.1, 0.15) is 6.10 Å². The van der Waals surface area contributed by atoms with Crippen LogP contribution in [0.3, 0.4) is 0 Å². The SMILES string of the molecule is CC(C)NC(=S)N1CCN(C(=O)C2CCCO2)CC1. The van der Waals surface area contributed by atoms with E-state index in [1.54, 1.807) is 0 Å². The van der Waals surface area contributed by atoms with E-state index in [-0.39, 0.29) is 12.0 Å². The van der Waals surface area contributed by atoms with Crippen LogP contribution in [0, 0.1) is 0 Å². The highest BCUT2D eigenvalue weighted by atomic mass is 32.1. The average molecular weight is 285 g/mol. The number of amides is 1. The molecule has 19 heavy (non-hydrogen) atoms. The van der Waals surface area contributed by atoms with Crippen LogP contribution in [0.4, 0.5) is 0 Å². The normalized spacial score (nSPS) is 23.8. The van der Waals surface area contributed by atoms with E-state index in [0.29, 0.717) is 6.04 Å². The molecule has 0 radical (unpaired) electrons. The summed E-state index contributed by atoms with van der Waals surface area (Å²) in [6.45, 7) is 7.94. The largest absolute Gasteiger partial charge is 0.368 e. The highest BCUT2D eigenvalue weighted by molar-refractivity contribution is 7.80. The number of ether oxygens (including phenoxy) is 1. The molecule has 1 atom stereocenters. The van der Waals surface area contributed by atoms with E-state index in [0.717, 1.165) is 50.7 Å². The van der Waals surface area contributed by atoms with E-state index in [1.165, 1.54) is 0 Å². The Morgan fingerprint density at radius 3 is 2.42 bits per heavy atom. The molecule has 2 saturated heterocycles. The number of piperazine rings is 1. The Hall–Kier alpha value is -0.880. The molecule has 1 N–H and O–H groups in total. The molecule has 0 saturated carbocycles. The molecular weight excluding hydrogens is 262 g/mol. The van der Waals surface area contributed by atoms with Crippen LogP contribution in [0.5, 0.6) is 0 Å². The zero-order valence-corrected chi connectivity index (χ0v) is 12.5. The first-order valence-corrected chi connectivity index (χ1v) is 7.44. The fraction of sp³-hybridized carbons (Fsp3) is 0.846. The van der Waals surface area contributed by atoms with Gasteiger partial charge in [-0.2, -0.15) is 0 Å². The predicted molar refractivity (Wildman–Crippen MR) is 78.0 cm³/mol. The fourth-order valence-corrected chi connectivity index (χ4v) is 2.86. The maximum atomic E-state index is 12.2. The van der Waals surface area contributed by atoms with Crippen LogP contribution in [-0.2, 0) is 9.53 Å². The fourth-order valence-electron chi connectivity index (χ4n) is 2.44. The van der Waals surface area contributed by atoms with Crippen molar-refractivity contribution in [2.45, 2.75) is 38.8 Å². The van der Waals surface area contributed by atoms with Gasteiger partial charge in [-0.1, -0.05) is 0 Å². The van der Waals surface area contributed by atoms with Gasteiger partial charge < -0.3 is 19.9 Å². The van der Waals surface area contributed by atoms with Crippen LogP contribution in [0.15, 0.2) is 0 Å². The van der Waals surface area contributed by atoms with Crippen LogP contribution in [0.1, 0.15) is 26.7 Å². The molecule has 0 aromatic carbocycles. The van der Waals surface area contributed by atoms with Crippen molar-refractivity contribution in [1.29, 1.82) is 0 Å². The molecule has 108 valence electrons. The van der Waals surface area contributed by atoms with E-state index in [2.05, 4.69) is 24.1 Å². The van der Waals surface area contributed by atoms with Gasteiger partial charge >= 0.3 is 0 Å². The first-order chi connectivity index (χ1) is 9.08. The monoisotopic (exact) mass is 285 g/mol. The first-order valence-electron chi connectivity index (χ1n) is 7.04. The third-order valence-corrected chi connectivity index (χ3v) is 3.87. The summed E-state index contributed by atoms with van der Waals surface area (Å²) >= 11 is 5.35. The molecular formula is C13H23N3O2S. The van der Waals surface area contributed by atoms with Crippen molar-refractivity contribution in [3.63, 3.8) is 0 Å². The molecule has 6 heteroatoms. The summed E-state index contributed by atoms with van der Waals surface area (Å²) in [6, 6.07) is 0.346. The van der Waals surface area contributed by atoms with E-state index in [9.17, 15) is 4.79 Å². The molecule has 0 aromatic rings. The Balaban J connectivity index is 1.78. The third kappa shape index (κ3) is 3.79. The number of nitrogens with zero attached hydrogens (tertiary/aromatic N) is 2. The molecule has 0 aliphatic carbocycles. The van der Waals surface area contributed by atoms with Gasteiger partial charge in [-0.05, 0) is 38.9 Å². The van der Waals surface area contributed by atoms with E-state index in [4.69, 9.17) is 17.0 Å². The minimum atomic E-state index is -0.202. The van der Waals surface area contributed by atoms with Gasteiger partial charge in [-0.3, -0.25) is 4.79 Å². The number of thiocarbonyl (C=S) groups is 1. The molecule has 1 unspecified atom stereocenters. The molecule has 5 nitrogen and oxygen atoms in total. The van der Waals surface area contributed by atoms with Crippen molar-refractivity contribution in [2.75, 3.05) is 32.8 Å². The molecule has 2 aliphatic heterocycles. The Labute approximate surface area is 120 Å². The molecule has 2 heterocycles. The van der Waals surface area contributed by atoms with E-state index in [1.807, 2.05) is 4.90 Å². The second-order valence-corrected chi connectivity index (χ2v) is 5.80. The molecule has 0 bridgehead atoms. The van der Waals surface area contributed by atoms with Crippen molar-refractivity contribution in [3.8, 4) is 0 Å². The van der Waals surface area contributed by atoms with Crippen LogP contribution >= 0.6 is 12.2 Å². The smallest absolute Gasteiger partial charge is 0.251 e. The van der Waals surface area contributed by atoms with Crippen LogP contribution in [0.25, 0.3) is 0 Å². The predicted octanol–water partition coefficient (Wildman–Crippen LogP) is 0.592. The van der Waals surface area contributed by atoms with Crippen LogP contribution in [0.2, 0.25) is 0 Å².